The van der Waals surface area contributed by atoms with E-state index >= 15 is 0 Å². The Bertz CT molecular complexity index is 663. The molecule has 2 N–H and O–H groups in total. The number of rotatable bonds is 6. The van der Waals surface area contributed by atoms with Crippen molar-refractivity contribution >= 4 is 17.6 Å². The van der Waals surface area contributed by atoms with E-state index in [4.69, 9.17) is 4.42 Å². The highest BCUT2D eigenvalue weighted by Gasteiger charge is 2.10. The van der Waals surface area contributed by atoms with Gasteiger partial charge in [0, 0.05) is 25.2 Å². The maximum atomic E-state index is 12.0. The van der Waals surface area contributed by atoms with Crippen molar-refractivity contribution in [2.75, 3.05) is 12.4 Å². The highest BCUT2D eigenvalue weighted by Crippen LogP contribution is 2.11. The van der Waals surface area contributed by atoms with Gasteiger partial charge in [0.05, 0.1) is 12.8 Å². The summed E-state index contributed by atoms with van der Waals surface area (Å²) in [5.74, 6) is 0.655. The topological polar surface area (TPSA) is 74.6 Å². The zero-order valence-corrected chi connectivity index (χ0v) is 14.2. The molecule has 0 aliphatic rings. The fourth-order valence-electron chi connectivity index (χ4n) is 2.01. The summed E-state index contributed by atoms with van der Waals surface area (Å²) in [7, 11) is 1.71. The Morgan fingerprint density at radius 3 is 2.46 bits per heavy atom. The Hall–Kier alpha value is -2.76. The van der Waals surface area contributed by atoms with Crippen LogP contribution in [-0.2, 0) is 17.9 Å². The van der Waals surface area contributed by atoms with E-state index in [0.717, 1.165) is 17.0 Å². The third-order valence-corrected chi connectivity index (χ3v) is 3.51. The number of nitrogens with one attached hydrogen (secondary N) is 2. The van der Waals surface area contributed by atoms with Crippen LogP contribution in [0.25, 0.3) is 0 Å². The van der Waals surface area contributed by atoms with Gasteiger partial charge in [-0.1, -0.05) is 26.0 Å². The van der Waals surface area contributed by atoms with Crippen molar-refractivity contribution in [1.82, 2.24) is 10.2 Å². The maximum absolute atomic E-state index is 12.0. The highest BCUT2D eigenvalue weighted by atomic mass is 16.3. The van der Waals surface area contributed by atoms with E-state index in [1.54, 1.807) is 24.3 Å². The summed E-state index contributed by atoms with van der Waals surface area (Å²) < 4.78 is 5.22. The van der Waals surface area contributed by atoms with E-state index < -0.39 is 0 Å². The second-order valence-electron chi connectivity index (χ2n) is 5.94. The molecule has 0 atom stereocenters. The van der Waals surface area contributed by atoms with E-state index in [0.29, 0.717) is 13.1 Å². The SMILES string of the molecule is CC(C)C(=O)Nc1ccc(CNC(=O)N(C)Cc2ccco2)cc1. The summed E-state index contributed by atoms with van der Waals surface area (Å²) in [4.78, 5) is 25.2. The molecule has 1 aromatic heterocycles. The van der Waals surface area contributed by atoms with Crippen molar-refractivity contribution in [2.45, 2.75) is 26.9 Å². The lowest BCUT2D eigenvalue weighted by atomic mass is 10.1. The molecule has 2 rings (SSSR count). The Kier molecular flexibility index (Phi) is 6.01. The third-order valence-electron chi connectivity index (χ3n) is 3.51. The molecule has 6 heteroatoms. The van der Waals surface area contributed by atoms with Crippen LogP contribution in [0.1, 0.15) is 25.2 Å². The largest absolute Gasteiger partial charge is 0.467 e. The number of benzene rings is 1. The normalized spacial score (nSPS) is 10.5. The fraction of sp³-hybridized carbons (Fsp3) is 0.333. The predicted octanol–water partition coefficient (Wildman–Crippen LogP) is 3.22. The van der Waals surface area contributed by atoms with Gasteiger partial charge >= 0.3 is 6.03 Å². The first-order chi connectivity index (χ1) is 11.5. The first-order valence-corrected chi connectivity index (χ1v) is 7.87. The Balaban J connectivity index is 1.81. The zero-order valence-electron chi connectivity index (χ0n) is 14.2. The summed E-state index contributed by atoms with van der Waals surface area (Å²) >= 11 is 0. The second kappa shape index (κ2) is 8.19. The van der Waals surface area contributed by atoms with Crippen LogP contribution in [-0.4, -0.2) is 23.9 Å². The average Bonchev–Trinajstić information content (AvgIpc) is 3.06. The molecule has 3 amide bonds. The summed E-state index contributed by atoms with van der Waals surface area (Å²) in [6.45, 7) is 4.52. The predicted molar refractivity (Wildman–Crippen MR) is 92.3 cm³/mol. The molecule has 6 nitrogen and oxygen atoms in total. The summed E-state index contributed by atoms with van der Waals surface area (Å²) in [6, 6.07) is 10.9. The van der Waals surface area contributed by atoms with Gasteiger partial charge in [-0.2, -0.15) is 0 Å². The Morgan fingerprint density at radius 1 is 1.17 bits per heavy atom. The minimum absolute atomic E-state index is 0.0180. The van der Waals surface area contributed by atoms with Gasteiger partial charge in [-0.3, -0.25) is 4.79 Å². The lowest BCUT2D eigenvalue weighted by Gasteiger charge is -2.16. The van der Waals surface area contributed by atoms with Gasteiger partial charge in [-0.15, -0.1) is 0 Å². The molecule has 0 fully saturated rings. The summed E-state index contributed by atoms with van der Waals surface area (Å²) in [6.07, 6.45) is 1.58. The molecule has 1 heterocycles. The molecular formula is C18H23N3O3. The van der Waals surface area contributed by atoms with Crippen LogP contribution < -0.4 is 10.6 Å². The van der Waals surface area contributed by atoms with Gasteiger partial charge in [0.25, 0.3) is 0 Å². The van der Waals surface area contributed by atoms with Crippen LogP contribution in [0.3, 0.4) is 0 Å². The van der Waals surface area contributed by atoms with Gasteiger partial charge in [-0.25, -0.2) is 4.79 Å². The third kappa shape index (κ3) is 5.15. The highest BCUT2D eigenvalue weighted by molar-refractivity contribution is 5.92. The molecule has 24 heavy (non-hydrogen) atoms. The Morgan fingerprint density at radius 2 is 1.88 bits per heavy atom. The van der Waals surface area contributed by atoms with Crippen LogP contribution in [0.2, 0.25) is 0 Å². The maximum Gasteiger partial charge on any atom is 0.317 e. The van der Waals surface area contributed by atoms with Gasteiger partial charge in [-0.05, 0) is 29.8 Å². The van der Waals surface area contributed by atoms with Crippen molar-refractivity contribution in [2.24, 2.45) is 5.92 Å². The zero-order chi connectivity index (χ0) is 17.5. The van der Waals surface area contributed by atoms with Crippen LogP contribution in [0, 0.1) is 5.92 Å². The summed E-state index contributed by atoms with van der Waals surface area (Å²) in [5, 5.41) is 5.68. The van der Waals surface area contributed by atoms with Crippen LogP contribution in [0.4, 0.5) is 10.5 Å². The molecule has 0 saturated carbocycles. The lowest BCUT2D eigenvalue weighted by Crippen LogP contribution is -2.36. The minimum Gasteiger partial charge on any atom is -0.467 e. The van der Waals surface area contributed by atoms with Crippen molar-refractivity contribution < 1.29 is 14.0 Å². The number of carbonyl (C=O) groups is 2. The molecule has 0 saturated heterocycles. The quantitative estimate of drug-likeness (QED) is 0.854. The molecule has 1 aromatic carbocycles. The molecule has 0 spiro atoms. The van der Waals surface area contributed by atoms with Gasteiger partial charge in [0.1, 0.15) is 5.76 Å². The van der Waals surface area contributed by atoms with Gasteiger partial charge in [0.2, 0.25) is 5.91 Å². The fourth-order valence-corrected chi connectivity index (χ4v) is 2.01. The van der Waals surface area contributed by atoms with Crippen LogP contribution in [0.5, 0.6) is 0 Å². The first kappa shape index (κ1) is 17.6. The van der Waals surface area contributed by atoms with Crippen LogP contribution >= 0.6 is 0 Å². The van der Waals surface area contributed by atoms with Crippen molar-refractivity contribution in [1.29, 1.82) is 0 Å². The number of urea groups is 1. The molecule has 2 aromatic rings. The summed E-state index contributed by atoms with van der Waals surface area (Å²) in [5.41, 5.74) is 1.70. The van der Waals surface area contributed by atoms with E-state index in [-0.39, 0.29) is 17.9 Å². The number of hydrogen-bond donors (Lipinski definition) is 2. The van der Waals surface area contributed by atoms with Crippen molar-refractivity contribution in [3.05, 3.63) is 54.0 Å². The molecule has 0 aliphatic carbocycles. The second-order valence-corrected chi connectivity index (χ2v) is 5.94. The van der Waals surface area contributed by atoms with E-state index in [2.05, 4.69) is 10.6 Å². The number of amides is 3. The standard InChI is InChI=1S/C18H23N3O3/c1-13(2)17(22)20-15-8-6-14(7-9-15)11-19-18(23)21(3)12-16-5-4-10-24-16/h4-10,13H,11-12H2,1-3H3,(H,19,23)(H,20,22). The van der Waals surface area contributed by atoms with Crippen molar-refractivity contribution in [3.63, 3.8) is 0 Å². The van der Waals surface area contributed by atoms with Gasteiger partial charge < -0.3 is 20.0 Å². The Labute approximate surface area is 141 Å². The average molecular weight is 329 g/mol. The molecule has 0 aliphatic heterocycles. The number of hydrogen-bond acceptors (Lipinski definition) is 3. The molecule has 0 radical (unpaired) electrons. The lowest BCUT2D eigenvalue weighted by molar-refractivity contribution is -0.118. The number of carbonyl (C=O) groups excluding carboxylic acids is 2. The van der Waals surface area contributed by atoms with Crippen molar-refractivity contribution in [3.8, 4) is 0 Å². The molecule has 128 valence electrons. The number of furan rings is 1. The molecule has 0 bridgehead atoms. The van der Waals surface area contributed by atoms with E-state index in [1.807, 2.05) is 44.2 Å². The van der Waals surface area contributed by atoms with E-state index in [9.17, 15) is 9.59 Å². The smallest absolute Gasteiger partial charge is 0.317 e. The molecule has 0 unspecified atom stereocenters. The first-order valence-electron chi connectivity index (χ1n) is 7.87. The molecular weight excluding hydrogens is 306 g/mol. The van der Waals surface area contributed by atoms with E-state index in [1.165, 1.54) is 0 Å². The minimum atomic E-state index is -0.177. The monoisotopic (exact) mass is 329 g/mol. The number of anilines is 1. The number of nitrogens with zero attached hydrogens (tertiary/aromatic N) is 1. The van der Waals surface area contributed by atoms with Gasteiger partial charge in [0.15, 0.2) is 0 Å². The van der Waals surface area contributed by atoms with Crippen LogP contribution in [0.15, 0.2) is 47.1 Å².